The molecule has 14 heteroatoms. The molecule has 11 nitrogen and oxygen atoms in total. The largest absolute Gasteiger partial charge is 0.480 e. The summed E-state index contributed by atoms with van der Waals surface area (Å²) in [4.78, 5) is 64.4. The van der Waals surface area contributed by atoms with Crippen LogP contribution in [0.25, 0.3) is 5.69 Å². The van der Waals surface area contributed by atoms with Gasteiger partial charge in [0.1, 0.15) is 11.6 Å². The number of amides is 3. The lowest BCUT2D eigenvalue weighted by molar-refractivity contribution is -0.139. The predicted octanol–water partition coefficient (Wildman–Crippen LogP) is 2.11. The summed E-state index contributed by atoms with van der Waals surface area (Å²) in [6.07, 6.45) is -3.73. The van der Waals surface area contributed by atoms with Gasteiger partial charge in [0.15, 0.2) is 0 Å². The summed E-state index contributed by atoms with van der Waals surface area (Å²) < 4.78 is 42.0. The minimum absolute atomic E-state index is 0.0208. The van der Waals surface area contributed by atoms with Crippen molar-refractivity contribution in [1.29, 1.82) is 0 Å². The van der Waals surface area contributed by atoms with Crippen molar-refractivity contribution >= 4 is 23.6 Å². The van der Waals surface area contributed by atoms with Gasteiger partial charge in [0.25, 0.3) is 11.5 Å². The minimum atomic E-state index is -4.67. The van der Waals surface area contributed by atoms with Crippen LogP contribution in [-0.2, 0) is 17.5 Å². The molecule has 1 fully saturated rings. The molecule has 0 spiro atoms. The molecular weight excluding hydrogens is 535 g/mol. The molecule has 3 aromatic rings. The van der Waals surface area contributed by atoms with E-state index in [1.165, 1.54) is 36.9 Å². The van der Waals surface area contributed by atoms with Crippen LogP contribution in [0.5, 0.6) is 0 Å². The van der Waals surface area contributed by atoms with Crippen molar-refractivity contribution in [2.45, 2.75) is 32.6 Å². The van der Waals surface area contributed by atoms with Gasteiger partial charge in [-0.15, -0.1) is 0 Å². The predicted molar refractivity (Wildman–Crippen MR) is 137 cm³/mol. The van der Waals surface area contributed by atoms with Crippen LogP contribution >= 0.6 is 0 Å². The van der Waals surface area contributed by atoms with Crippen molar-refractivity contribution in [3.8, 4) is 5.69 Å². The number of anilines is 1. The van der Waals surface area contributed by atoms with Gasteiger partial charge in [0.05, 0.1) is 17.8 Å². The highest BCUT2D eigenvalue weighted by Crippen LogP contribution is 2.33. The number of urea groups is 1. The van der Waals surface area contributed by atoms with E-state index in [2.05, 4.69) is 10.6 Å². The van der Waals surface area contributed by atoms with Crippen LogP contribution in [-0.4, -0.2) is 51.3 Å². The fraction of sp³-hybridized carbons (Fsp3) is 0.269. The molecule has 1 saturated heterocycles. The third-order valence-corrected chi connectivity index (χ3v) is 6.51. The first-order valence-electron chi connectivity index (χ1n) is 12.0. The van der Waals surface area contributed by atoms with Gasteiger partial charge in [0, 0.05) is 25.0 Å². The molecule has 1 atom stereocenters. The number of nitrogens with zero attached hydrogens (tertiary/aromatic N) is 3. The Morgan fingerprint density at radius 3 is 2.30 bits per heavy atom. The Bertz CT molecular complexity index is 1610. The van der Waals surface area contributed by atoms with E-state index >= 15 is 0 Å². The number of carboxylic acid groups (broad SMARTS) is 1. The van der Waals surface area contributed by atoms with E-state index < -0.39 is 53.0 Å². The van der Waals surface area contributed by atoms with Gasteiger partial charge in [-0.3, -0.25) is 28.4 Å². The molecule has 0 saturated carbocycles. The number of aromatic nitrogens is 2. The zero-order valence-electron chi connectivity index (χ0n) is 21.3. The first-order valence-corrected chi connectivity index (χ1v) is 12.0. The zero-order chi connectivity index (χ0) is 29.4. The summed E-state index contributed by atoms with van der Waals surface area (Å²) in [5, 5.41) is 14.0. The second-order valence-electron chi connectivity index (χ2n) is 9.11. The lowest BCUT2D eigenvalue weighted by atomic mass is 10.0. The second-order valence-corrected chi connectivity index (χ2v) is 9.11. The Morgan fingerprint density at radius 1 is 1.07 bits per heavy atom. The molecule has 2 aromatic carbocycles. The van der Waals surface area contributed by atoms with Gasteiger partial charge in [0.2, 0.25) is 0 Å². The maximum Gasteiger partial charge on any atom is 0.416 e. The standard InChI is InChI=1S/C26H24F3N5O6/c1-14-16(4-3-5-20(14)26(27,28)29)12-34-22(36)19(21(35)31-15(2)23(37)38)13-33(25(34)40)18-8-6-17(7-9-18)32-11-10-30-24(32)39/h3-9,13,15H,10-12H2,1-2H3,(H,30,39)(H,31,35)(H,37,38)/t15-/m0/s1. The summed E-state index contributed by atoms with van der Waals surface area (Å²) >= 11 is 0. The molecule has 1 aliphatic heterocycles. The number of alkyl halides is 3. The minimum Gasteiger partial charge on any atom is -0.480 e. The van der Waals surface area contributed by atoms with Gasteiger partial charge < -0.3 is 15.7 Å². The maximum atomic E-state index is 13.5. The van der Waals surface area contributed by atoms with Gasteiger partial charge >= 0.3 is 23.9 Å². The van der Waals surface area contributed by atoms with Crippen LogP contribution in [0, 0.1) is 6.92 Å². The number of halogens is 3. The van der Waals surface area contributed by atoms with Crippen molar-refractivity contribution in [3.05, 3.63) is 91.8 Å². The van der Waals surface area contributed by atoms with Crippen molar-refractivity contribution < 1.29 is 32.7 Å². The molecule has 4 rings (SSSR count). The summed E-state index contributed by atoms with van der Waals surface area (Å²) in [6, 6.07) is 7.69. The summed E-state index contributed by atoms with van der Waals surface area (Å²) in [6.45, 7) is 2.67. The van der Waals surface area contributed by atoms with E-state index in [4.69, 9.17) is 5.11 Å². The van der Waals surface area contributed by atoms with Crippen molar-refractivity contribution in [2.24, 2.45) is 0 Å². The number of carbonyl (C=O) groups is 3. The van der Waals surface area contributed by atoms with Gasteiger partial charge in [-0.1, -0.05) is 12.1 Å². The fourth-order valence-corrected chi connectivity index (χ4v) is 4.26. The van der Waals surface area contributed by atoms with Crippen molar-refractivity contribution in [1.82, 2.24) is 19.8 Å². The number of benzene rings is 2. The molecule has 3 N–H and O–H groups in total. The average Bonchev–Trinajstić information content (AvgIpc) is 3.32. The first-order chi connectivity index (χ1) is 18.8. The smallest absolute Gasteiger partial charge is 0.416 e. The van der Waals surface area contributed by atoms with Gasteiger partial charge in [-0.25, -0.2) is 9.59 Å². The number of hydrogen-bond donors (Lipinski definition) is 3. The number of nitrogens with one attached hydrogen (secondary N) is 2. The third kappa shape index (κ3) is 5.46. The topological polar surface area (TPSA) is 143 Å². The van der Waals surface area contributed by atoms with Crippen LogP contribution in [0.3, 0.4) is 0 Å². The first kappa shape index (κ1) is 28.1. The highest BCUT2D eigenvalue weighted by molar-refractivity contribution is 5.96. The quantitative estimate of drug-likeness (QED) is 0.405. The summed E-state index contributed by atoms with van der Waals surface area (Å²) in [5.74, 6) is -2.46. The summed E-state index contributed by atoms with van der Waals surface area (Å²) in [7, 11) is 0. The highest BCUT2D eigenvalue weighted by atomic mass is 19.4. The Labute approximate surface area is 224 Å². The molecule has 1 aromatic heterocycles. The summed E-state index contributed by atoms with van der Waals surface area (Å²) in [5.41, 5.74) is -3.07. The molecule has 0 radical (unpaired) electrons. The van der Waals surface area contributed by atoms with Crippen LogP contribution < -0.4 is 26.8 Å². The van der Waals surface area contributed by atoms with Gasteiger partial charge in [-0.05, 0) is 55.3 Å². The maximum absolute atomic E-state index is 13.5. The molecule has 1 aliphatic rings. The van der Waals surface area contributed by atoms with E-state index in [0.29, 0.717) is 23.3 Å². The molecule has 3 amide bonds. The Kier molecular flexibility index (Phi) is 7.53. The Hall–Kier alpha value is -4.88. The second kappa shape index (κ2) is 10.7. The Morgan fingerprint density at radius 2 is 1.73 bits per heavy atom. The van der Waals surface area contributed by atoms with Crippen LogP contribution in [0.2, 0.25) is 0 Å². The van der Waals surface area contributed by atoms with E-state index in [1.54, 1.807) is 12.1 Å². The van der Waals surface area contributed by atoms with Crippen LogP contribution in [0.15, 0.2) is 58.3 Å². The molecule has 0 unspecified atom stereocenters. The molecule has 2 heterocycles. The van der Waals surface area contributed by atoms with Crippen LogP contribution in [0.4, 0.5) is 23.7 Å². The SMILES string of the molecule is Cc1c(Cn2c(=O)c(C(=O)N[C@@H](C)C(=O)O)cn(-c3ccc(N4CCNC4=O)cc3)c2=O)cccc1C(F)(F)F. The molecule has 0 aliphatic carbocycles. The average molecular weight is 560 g/mol. The van der Waals surface area contributed by atoms with Gasteiger partial charge in [-0.2, -0.15) is 13.2 Å². The highest BCUT2D eigenvalue weighted by Gasteiger charge is 2.33. The lowest BCUT2D eigenvalue weighted by Crippen LogP contribution is -2.46. The van der Waals surface area contributed by atoms with E-state index in [9.17, 15) is 37.1 Å². The zero-order valence-corrected chi connectivity index (χ0v) is 21.3. The monoisotopic (exact) mass is 559 g/mol. The van der Waals surface area contributed by atoms with E-state index in [1.807, 2.05) is 0 Å². The molecule has 210 valence electrons. The molecule has 0 bridgehead atoms. The third-order valence-electron chi connectivity index (χ3n) is 6.51. The van der Waals surface area contributed by atoms with E-state index in [0.717, 1.165) is 22.9 Å². The normalized spacial score (nSPS) is 14.1. The fourth-order valence-electron chi connectivity index (χ4n) is 4.26. The van der Waals surface area contributed by atoms with Crippen LogP contribution in [0.1, 0.15) is 34.0 Å². The number of aliphatic carboxylic acids is 1. The number of hydrogen-bond acceptors (Lipinski definition) is 5. The van der Waals surface area contributed by atoms with Crippen molar-refractivity contribution in [3.63, 3.8) is 0 Å². The number of carbonyl (C=O) groups excluding carboxylic acids is 2. The van der Waals surface area contributed by atoms with Crippen molar-refractivity contribution in [2.75, 3.05) is 18.0 Å². The number of carboxylic acids is 1. The Balaban J connectivity index is 1.85. The number of rotatable bonds is 7. The lowest BCUT2D eigenvalue weighted by Gasteiger charge is -2.18. The van der Waals surface area contributed by atoms with E-state index in [-0.39, 0.29) is 22.8 Å². The molecule has 40 heavy (non-hydrogen) atoms. The molecular formula is C26H24F3N5O6.